The average Bonchev–Trinajstić information content (AvgIpc) is 2.39. The monoisotopic (exact) mass is 266 g/mol. The van der Waals surface area contributed by atoms with Crippen molar-refractivity contribution in [3.05, 3.63) is 42.2 Å². The standard InChI is InChI=1S/C14H19FN2O2/c1-4-7-16-9-14(18)17-10(2)12-8-11(15)5-6-13(12)19-3/h4-6,8,10,16H,1,7,9H2,2-3H3,(H,17,18). The molecule has 5 heteroatoms. The van der Waals surface area contributed by atoms with Crippen molar-refractivity contribution in [2.75, 3.05) is 20.2 Å². The third kappa shape index (κ3) is 4.71. The number of nitrogens with one attached hydrogen (secondary N) is 2. The molecular weight excluding hydrogens is 247 g/mol. The maximum absolute atomic E-state index is 13.2. The number of carbonyl (C=O) groups is 1. The normalized spacial score (nSPS) is 11.7. The van der Waals surface area contributed by atoms with E-state index >= 15 is 0 Å². The zero-order valence-electron chi connectivity index (χ0n) is 11.2. The first kappa shape index (κ1) is 15.2. The van der Waals surface area contributed by atoms with Crippen LogP contribution in [-0.2, 0) is 4.79 Å². The molecule has 0 bridgehead atoms. The number of rotatable bonds is 7. The van der Waals surface area contributed by atoms with Gasteiger partial charge in [-0.2, -0.15) is 0 Å². The lowest BCUT2D eigenvalue weighted by molar-refractivity contribution is -0.120. The SMILES string of the molecule is C=CCNCC(=O)NC(C)c1cc(F)ccc1OC. The molecule has 0 radical (unpaired) electrons. The first-order chi connectivity index (χ1) is 9.08. The summed E-state index contributed by atoms with van der Waals surface area (Å²) in [6, 6.07) is 3.90. The molecule has 0 saturated heterocycles. The molecule has 104 valence electrons. The molecule has 0 aliphatic rings. The number of benzene rings is 1. The van der Waals surface area contributed by atoms with Crippen LogP contribution in [0.5, 0.6) is 5.75 Å². The molecular formula is C14H19FN2O2. The molecule has 0 aliphatic carbocycles. The fourth-order valence-corrected chi connectivity index (χ4v) is 1.70. The van der Waals surface area contributed by atoms with E-state index in [1.807, 2.05) is 0 Å². The number of hydrogen-bond acceptors (Lipinski definition) is 3. The van der Waals surface area contributed by atoms with Gasteiger partial charge in [0.25, 0.3) is 0 Å². The first-order valence-electron chi connectivity index (χ1n) is 6.03. The molecule has 1 rings (SSSR count). The molecule has 19 heavy (non-hydrogen) atoms. The smallest absolute Gasteiger partial charge is 0.234 e. The summed E-state index contributed by atoms with van der Waals surface area (Å²) < 4.78 is 18.4. The van der Waals surface area contributed by atoms with Gasteiger partial charge in [-0.15, -0.1) is 6.58 Å². The van der Waals surface area contributed by atoms with Gasteiger partial charge >= 0.3 is 0 Å². The number of amides is 1. The van der Waals surface area contributed by atoms with Crippen LogP contribution in [-0.4, -0.2) is 26.1 Å². The highest BCUT2D eigenvalue weighted by Gasteiger charge is 2.14. The molecule has 0 spiro atoms. The minimum absolute atomic E-state index is 0.166. The Hall–Kier alpha value is -1.88. The summed E-state index contributed by atoms with van der Waals surface area (Å²) in [4.78, 5) is 11.6. The molecule has 1 aromatic rings. The molecule has 1 unspecified atom stereocenters. The van der Waals surface area contributed by atoms with Crippen LogP contribution in [0.25, 0.3) is 0 Å². The molecule has 1 amide bonds. The summed E-state index contributed by atoms with van der Waals surface area (Å²) in [7, 11) is 1.51. The van der Waals surface area contributed by atoms with Crippen LogP contribution in [0.2, 0.25) is 0 Å². The largest absolute Gasteiger partial charge is 0.496 e. The van der Waals surface area contributed by atoms with Crippen molar-refractivity contribution >= 4 is 5.91 Å². The van der Waals surface area contributed by atoms with Crippen molar-refractivity contribution < 1.29 is 13.9 Å². The Kier molecular flexibility index (Phi) is 6.02. The second-order valence-electron chi connectivity index (χ2n) is 4.10. The number of ether oxygens (including phenoxy) is 1. The Morgan fingerprint density at radius 3 is 2.95 bits per heavy atom. The van der Waals surface area contributed by atoms with Crippen LogP contribution in [0.4, 0.5) is 4.39 Å². The topological polar surface area (TPSA) is 50.4 Å². The van der Waals surface area contributed by atoms with Gasteiger partial charge in [-0.05, 0) is 25.1 Å². The predicted molar refractivity (Wildman–Crippen MR) is 72.6 cm³/mol. The summed E-state index contributed by atoms with van der Waals surface area (Å²) in [6.07, 6.45) is 1.67. The highest BCUT2D eigenvalue weighted by molar-refractivity contribution is 5.78. The van der Waals surface area contributed by atoms with Gasteiger partial charge in [-0.1, -0.05) is 6.08 Å². The van der Waals surface area contributed by atoms with E-state index in [1.165, 1.54) is 19.2 Å². The minimum atomic E-state index is -0.360. The Bertz CT molecular complexity index is 449. The Balaban J connectivity index is 2.66. The van der Waals surface area contributed by atoms with E-state index in [0.717, 1.165) is 0 Å². The van der Waals surface area contributed by atoms with Crippen molar-refractivity contribution in [3.63, 3.8) is 0 Å². The molecule has 2 N–H and O–H groups in total. The van der Waals surface area contributed by atoms with E-state index in [9.17, 15) is 9.18 Å². The number of methoxy groups -OCH3 is 1. The van der Waals surface area contributed by atoms with Gasteiger partial charge in [-0.3, -0.25) is 4.79 Å². The highest BCUT2D eigenvalue weighted by atomic mass is 19.1. The van der Waals surface area contributed by atoms with Gasteiger partial charge in [0.2, 0.25) is 5.91 Å². The fourth-order valence-electron chi connectivity index (χ4n) is 1.70. The van der Waals surface area contributed by atoms with Crippen molar-refractivity contribution in [1.82, 2.24) is 10.6 Å². The van der Waals surface area contributed by atoms with E-state index in [4.69, 9.17) is 4.74 Å². The third-order valence-corrected chi connectivity index (χ3v) is 2.61. The van der Waals surface area contributed by atoms with Gasteiger partial charge in [0, 0.05) is 12.1 Å². The summed E-state index contributed by atoms with van der Waals surface area (Å²) in [5.74, 6) is 0.0237. The minimum Gasteiger partial charge on any atom is -0.496 e. The Morgan fingerprint density at radius 1 is 1.58 bits per heavy atom. The Morgan fingerprint density at radius 2 is 2.32 bits per heavy atom. The van der Waals surface area contributed by atoms with E-state index in [1.54, 1.807) is 19.1 Å². The molecule has 1 atom stereocenters. The first-order valence-corrected chi connectivity index (χ1v) is 6.03. The molecule has 0 fully saturated rings. The van der Waals surface area contributed by atoms with Crippen LogP contribution >= 0.6 is 0 Å². The summed E-state index contributed by atoms with van der Waals surface area (Å²) in [5.41, 5.74) is 0.611. The maximum Gasteiger partial charge on any atom is 0.234 e. The van der Waals surface area contributed by atoms with Crippen molar-refractivity contribution in [3.8, 4) is 5.75 Å². The summed E-state index contributed by atoms with van der Waals surface area (Å²) in [6.45, 7) is 6.08. The number of carbonyl (C=O) groups excluding carboxylic acids is 1. The average molecular weight is 266 g/mol. The third-order valence-electron chi connectivity index (χ3n) is 2.61. The van der Waals surface area contributed by atoms with Crippen molar-refractivity contribution in [2.24, 2.45) is 0 Å². The van der Waals surface area contributed by atoms with Crippen molar-refractivity contribution in [2.45, 2.75) is 13.0 Å². The maximum atomic E-state index is 13.2. The quantitative estimate of drug-likeness (QED) is 0.584. The van der Waals surface area contributed by atoms with E-state index in [0.29, 0.717) is 17.9 Å². The number of halogens is 1. The lowest BCUT2D eigenvalue weighted by Gasteiger charge is -2.17. The van der Waals surface area contributed by atoms with Gasteiger partial charge in [0.1, 0.15) is 11.6 Å². The molecule has 0 aromatic heterocycles. The van der Waals surface area contributed by atoms with Crippen LogP contribution in [0.15, 0.2) is 30.9 Å². The zero-order chi connectivity index (χ0) is 14.3. The van der Waals surface area contributed by atoms with Gasteiger partial charge in [-0.25, -0.2) is 4.39 Å². The highest BCUT2D eigenvalue weighted by Crippen LogP contribution is 2.25. The van der Waals surface area contributed by atoms with Crippen molar-refractivity contribution in [1.29, 1.82) is 0 Å². The van der Waals surface area contributed by atoms with Crippen LogP contribution in [0, 0.1) is 5.82 Å². The lowest BCUT2D eigenvalue weighted by Crippen LogP contribution is -2.35. The van der Waals surface area contributed by atoms with E-state index < -0.39 is 0 Å². The summed E-state index contributed by atoms with van der Waals surface area (Å²) in [5, 5.41) is 5.67. The van der Waals surface area contributed by atoms with Crippen LogP contribution in [0.3, 0.4) is 0 Å². The number of hydrogen-bond donors (Lipinski definition) is 2. The van der Waals surface area contributed by atoms with E-state index in [2.05, 4.69) is 17.2 Å². The molecule has 0 aliphatic heterocycles. The van der Waals surface area contributed by atoms with Gasteiger partial charge in [0.15, 0.2) is 0 Å². The van der Waals surface area contributed by atoms with Crippen LogP contribution < -0.4 is 15.4 Å². The van der Waals surface area contributed by atoms with E-state index in [-0.39, 0.29) is 24.3 Å². The molecule has 0 heterocycles. The predicted octanol–water partition coefficient (Wildman–Crippen LogP) is 1.79. The second kappa shape index (κ2) is 7.53. The zero-order valence-corrected chi connectivity index (χ0v) is 11.2. The van der Waals surface area contributed by atoms with Crippen LogP contribution in [0.1, 0.15) is 18.5 Å². The Labute approximate surface area is 112 Å². The lowest BCUT2D eigenvalue weighted by atomic mass is 10.1. The van der Waals surface area contributed by atoms with Gasteiger partial charge in [0.05, 0.1) is 19.7 Å². The second-order valence-corrected chi connectivity index (χ2v) is 4.10. The van der Waals surface area contributed by atoms with Gasteiger partial charge < -0.3 is 15.4 Å². The molecule has 1 aromatic carbocycles. The molecule has 0 saturated carbocycles. The summed E-state index contributed by atoms with van der Waals surface area (Å²) >= 11 is 0. The fraction of sp³-hybridized carbons (Fsp3) is 0.357. The molecule has 4 nitrogen and oxygen atoms in total.